The quantitative estimate of drug-likeness (QED) is 0.518. The molecule has 2 aromatic rings. The summed E-state index contributed by atoms with van der Waals surface area (Å²) in [4.78, 5) is 12.3. The Morgan fingerprint density at radius 3 is 2.25 bits per heavy atom. The summed E-state index contributed by atoms with van der Waals surface area (Å²) in [6.45, 7) is 0. The lowest BCUT2D eigenvalue weighted by Crippen LogP contribution is -2.40. The van der Waals surface area contributed by atoms with Crippen molar-refractivity contribution in [1.82, 2.24) is 5.32 Å². The van der Waals surface area contributed by atoms with Crippen LogP contribution < -0.4 is 5.32 Å². The van der Waals surface area contributed by atoms with E-state index in [4.69, 9.17) is 23.8 Å². The summed E-state index contributed by atoms with van der Waals surface area (Å²) in [5.41, 5.74) is 1.11. The topological polar surface area (TPSA) is 49.3 Å². The van der Waals surface area contributed by atoms with Crippen molar-refractivity contribution >= 4 is 34.6 Å². The number of benzene rings is 2. The van der Waals surface area contributed by atoms with Crippen LogP contribution in [0.1, 0.15) is 15.9 Å². The number of carbonyl (C=O) groups excluding carboxylic acids is 1. The average Bonchev–Trinajstić information content (AvgIpc) is 2.48. The van der Waals surface area contributed by atoms with E-state index in [0.29, 0.717) is 21.1 Å². The smallest absolute Gasteiger partial charge is 0.211 e. The van der Waals surface area contributed by atoms with Crippen molar-refractivity contribution in [1.29, 1.82) is 0 Å². The third-order valence-electron chi connectivity index (χ3n) is 2.68. The third kappa shape index (κ3) is 3.63. The molecule has 0 aliphatic carbocycles. The maximum Gasteiger partial charge on any atom is 0.211 e. The lowest BCUT2D eigenvalue weighted by molar-refractivity contribution is 0.0721. The molecule has 1 unspecified atom stereocenters. The standard InChI is InChI=1S/C15H12ClNO2S/c16-12-8-6-11(7-9-12)15(20)17-14(19)13(18)10-4-2-1-3-5-10/h1-9,14,19H,(H,17,20). The van der Waals surface area contributed by atoms with Crippen LogP contribution >= 0.6 is 23.8 Å². The second kappa shape index (κ2) is 6.61. The molecule has 2 rings (SSSR count). The van der Waals surface area contributed by atoms with Crippen LogP contribution in [0.5, 0.6) is 0 Å². The van der Waals surface area contributed by atoms with E-state index in [1.165, 1.54) is 0 Å². The van der Waals surface area contributed by atoms with Crippen molar-refractivity contribution in [3.63, 3.8) is 0 Å². The number of hydrogen-bond donors (Lipinski definition) is 2. The fourth-order valence-corrected chi connectivity index (χ4v) is 2.01. The van der Waals surface area contributed by atoms with Gasteiger partial charge in [0.05, 0.1) is 0 Å². The summed E-state index contributed by atoms with van der Waals surface area (Å²) in [7, 11) is 0. The highest BCUT2D eigenvalue weighted by molar-refractivity contribution is 7.80. The van der Waals surface area contributed by atoms with Gasteiger partial charge in [-0.05, 0) is 12.1 Å². The highest BCUT2D eigenvalue weighted by atomic mass is 35.5. The summed E-state index contributed by atoms with van der Waals surface area (Å²) in [5, 5.41) is 13.1. The average molecular weight is 306 g/mol. The van der Waals surface area contributed by atoms with Gasteiger partial charge in [-0.3, -0.25) is 4.79 Å². The molecule has 20 heavy (non-hydrogen) atoms. The van der Waals surface area contributed by atoms with Crippen molar-refractivity contribution in [2.24, 2.45) is 0 Å². The Kier molecular flexibility index (Phi) is 4.84. The fourth-order valence-electron chi connectivity index (χ4n) is 1.63. The number of rotatable bonds is 4. The van der Waals surface area contributed by atoms with Crippen molar-refractivity contribution in [2.75, 3.05) is 0 Å². The van der Waals surface area contributed by atoms with Crippen LogP contribution in [-0.2, 0) is 0 Å². The molecule has 5 heteroatoms. The van der Waals surface area contributed by atoms with Gasteiger partial charge in [0.2, 0.25) is 5.78 Å². The molecule has 3 nitrogen and oxygen atoms in total. The van der Waals surface area contributed by atoms with E-state index in [-0.39, 0.29) is 0 Å². The molecule has 0 bridgehead atoms. The van der Waals surface area contributed by atoms with Gasteiger partial charge in [-0.25, -0.2) is 0 Å². The molecule has 0 saturated heterocycles. The molecule has 0 saturated carbocycles. The number of nitrogens with one attached hydrogen (secondary N) is 1. The molecule has 0 amide bonds. The molecule has 1 atom stereocenters. The molecule has 102 valence electrons. The Labute approximate surface area is 127 Å². The Balaban J connectivity index is 2.04. The van der Waals surface area contributed by atoms with Gasteiger partial charge in [0.25, 0.3) is 0 Å². The van der Waals surface area contributed by atoms with E-state index in [2.05, 4.69) is 5.32 Å². The van der Waals surface area contributed by atoms with E-state index < -0.39 is 12.0 Å². The fraction of sp³-hybridized carbons (Fsp3) is 0.0667. The number of halogens is 1. The highest BCUT2D eigenvalue weighted by Gasteiger charge is 2.18. The first-order valence-electron chi connectivity index (χ1n) is 5.91. The van der Waals surface area contributed by atoms with Crippen molar-refractivity contribution in [2.45, 2.75) is 6.23 Å². The molecule has 0 aliphatic heterocycles. The van der Waals surface area contributed by atoms with Crippen LogP contribution in [0.3, 0.4) is 0 Å². The zero-order valence-electron chi connectivity index (χ0n) is 10.4. The Morgan fingerprint density at radius 2 is 1.65 bits per heavy atom. The second-order valence-corrected chi connectivity index (χ2v) is 4.96. The molecular weight excluding hydrogens is 294 g/mol. The molecule has 0 radical (unpaired) electrons. The van der Waals surface area contributed by atoms with Gasteiger partial charge in [-0.1, -0.05) is 66.3 Å². The maximum absolute atomic E-state index is 12.0. The molecule has 2 aromatic carbocycles. The normalized spacial score (nSPS) is 11.7. The number of hydrogen-bond acceptors (Lipinski definition) is 3. The minimum absolute atomic E-state index is 0.290. The molecule has 0 aliphatic rings. The minimum atomic E-state index is -1.37. The van der Waals surface area contributed by atoms with Gasteiger partial charge in [0.15, 0.2) is 6.23 Å². The molecule has 2 N–H and O–H groups in total. The van der Waals surface area contributed by atoms with Gasteiger partial charge in [0.1, 0.15) is 4.99 Å². The van der Waals surface area contributed by atoms with E-state index >= 15 is 0 Å². The van der Waals surface area contributed by atoms with Crippen LogP contribution in [0.4, 0.5) is 0 Å². The Hall–Kier alpha value is -1.75. The van der Waals surface area contributed by atoms with Gasteiger partial charge >= 0.3 is 0 Å². The summed E-state index contributed by atoms with van der Waals surface area (Å²) in [5.74, 6) is -0.429. The summed E-state index contributed by atoms with van der Waals surface area (Å²) >= 11 is 10.9. The molecule has 0 aromatic heterocycles. The Morgan fingerprint density at radius 1 is 1.05 bits per heavy atom. The van der Waals surface area contributed by atoms with Gasteiger partial charge in [0, 0.05) is 16.1 Å². The van der Waals surface area contributed by atoms with E-state index in [1.54, 1.807) is 54.6 Å². The predicted octanol–water partition coefficient (Wildman–Crippen LogP) is 2.81. The first-order valence-corrected chi connectivity index (χ1v) is 6.70. The zero-order valence-corrected chi connectivity index (χ0v) is 12.0. The Bertz CT molecular complexity index is 614. The number of aliphatic hydroxyl groups is 1. The minimum Gasteiger partial charge on any atom is -0.367 e. The largest absolute Gasteiger partial charge is 0.367 e. The third-order valence-corrected chi connectivity index (χ3v) is 3.29. The van der Waals surface area contributed by atoms with Gasteiger partial charge < -0.3 is 10.4 Å². The molecule has 0 spiro atoms. The number of Topliss-reactive ketones (excluding diaryl/α,β-unsaturated/α-hetero) is 1. The number of thiocarbonyl (C=S) groups is 1. The SMILES string of the molecule is O=C(c1ccccc1)C(O)NC(=S)c1ccc(Cl)cc1. The van der Waals surface area contributed by atoms with E-state index in [0.717, 1.165) is 0 Å². The van der Waals surface area contributed by atoms with Gasteiger partial charge in [-0.15, -0.1) is 0 Å². The number of carbonyl (C=O) groups is 1. The zero-order chi connectivity index (χ0) is 14.5. The van der Waals surface area contributed by atoms with Crippen LogP contribution in [0.15, 0.2) is 54.6 Å². The van der Waals surface area contributed by atoms with Crippen molar-refractivity contribution in [3.8, 4) is 0 Å². The van der Waals surface area contributed by atoms with Crippen molar-refractivity contribution in [3.05, 3.63) is 70.7 Å². The predicted molar refractivity (Wildman–Crippen MR) is 83.1 cm³/mol. The van der Waals surface area contributed by atoms with Crippen LogP contribution in [-0.4, -0.2) is 22.1 Å². The second-order valence-electron chi connectivity index (χ2n) is 4.11. The monoisotopic (exact) mass is 305 g/mol. The molecule has 0 fully saturated rings. The van der Waals surface area contributed by atoms with Crippen molar-refractivity contribution < 1.29 is 9.90 Å². The van der Waals surface area contributed by atoms with E-state index in [9.17, 15) is 9.90 Å². The van der Waals surface area contributed by atoms with Gasteiger partial charge in [-0.2, -0.15) is 0 Å². The number of aliphatic hydroxyl groups excluding tert-OH is 1. The highest BCUT2D eigenvalue weighted by Crippen LogP contribution is 2.10. The van der Waals surface area contributed by atoms with Crippen LogP contribution in [0, 0.1) is 0 Å². The lowest BCUT2D eigenvalue weighted by Gasteiger charge is -2.14. The van der Waals surface area contributed by atoms with Crippen LogP contribution in [0.2, 0.25) is 5.02 Å². The summed E-state index contributed by atoms with van der Waals surface area (Å²) in [6, 6.07) is 15.4. The summed E-state index contributed by atoms with van der Waals surface area (Å²) < 4.78 is 0. The van der Waals surface area contributed by atoms with Crippen LogP contribution in [0.25, 0.3) is 0 Å². The number of ketones is 1. The van der Waals surface area contributed by atoms with E-state index in [1.807, 2.05) is 0 Å². The summed E-state index contributed by atoms with van der Waals surface area (Å²) in [6.07, 6.45) is -1.37. The first-order chi connectivity index (χ1) is 9.58. The maximum atomic E-state index is 12.0. The molecule has 0 heterocycles. The molecular formula is C15H12ClNO2S. The lowest BCUT2D eigenvalue weighted by atomic mass is 10.1. The first kappa shape index (κ1) is 14.7.